The molecule has 0 radical (unpaired) electrons. The standard InChI is InChI=1S/C16H18N2O3/c1-20-16(19)14-3-2-8-18(12-14)9-10-21-15-6-4-13(11-17)5-7-15/h3-7H,2,8-10,12H2,1H3. The molecule has 0 aliphatic carbocycles. The normalized spacial score (nSPS) is 15.0. The zero-order valence-electron chi connectivity index (χ0n) is 12.0. The molecule has 1 aliphatic rings. The minimum absolute atomic E-state index is 0.257. The number of esters is 1. The summed E-state index contributed by atoms with van der Waals surface area (Å²) in [5.74, 6) is 0.488. The Balaban J connectivity index is 1.77. The Morgan fingerprint density at radius 1 is 1.38 bits per heavy atom. The van der Waals surface area contributed by atoms with Gasteiger partial charge in [-0.2, -0.15) is 5.26 Å². The topological polar surface area (TPSA) is 62.6 Å². The monoisotopic (exact) mass is 286 g/mol. The molecule has 1 aromatic carbocycles. The van der Waals surface area contributed by atoms with E-state index in [-0.39, 0.29) is 5.97 Å². The Hall–Kier alpha value is -2.32. The number of rotatable bonds is 5. The van der Waals surface area contributed by atoms with E-state index >= 15 is 0 Å². The van der Waals surface area contributed by atoms with Crippen molar-refractivity contribution in [2.24, 2.45) is 0 Å². The highest BCUT2D eigenvalue weighted by Crippen LogP contribution is 2.13. The van der Waals surface area contributed by atoms with E-state index in [4.69, 9.17) is 14.7 Å². The van der Waals surface area contributed by atoms with Crippen LogP contribution in [0.15, 0.2) is 35.9 Å². The number of carbonyl (C=O) groups excluding carboxylic acids is 1. The molecule has 1 aliphatic heterocycles. The van der Waals surface area contributed by atoms with Crippen molar-refractivity contribution in [3.63, 3.8) is 0 Å². The van der Waals surface area contributed by atoms with Gasteiger partial charge >= 0.3 is 5.97 Å². The molecule has 1 heterocycles. The predicted octanol–water partition coefficient (Wildman–Crippen LogP) is 1.74. The Kier molecular flexibility index (Phi) is 5.35. The molecule has 5 nitrogen and oxygen atoms in total. The fourth-order valence-electron chi connectivity index (χ4n) is 2.19. The molecular weight excluding hydrogens is 268 g/mol. The fraction of sp³-hybridized carbons (Fsp3) is 0.375. The first-order chi connectivity index (χ1) is 10.2. The highest BCUT2D eigenvalue weighted by atomic mass is 16.5. The van der Waals surface area contributed by atoms with E-state index in [1.165, 1.54) is 7.11 Å². The van der Waals surface area contributed by atoms with Gasteiger partial charge in [0.2, 0.25) is 0 Å². The van der Waals surface area contributed by atoms with Crippen LogP contribution in [0, 0.1) is 11.3 Å². The molecule has 110 valence electrons. The van der Waals surface area contributed by atoms with Gasteiger partial charge in [-0.05, 0) is 30.7 Å². The van der Waals surface area contributed by atoms with Crippen molar-refractivity contribution in [1.29, 1.82) is 5.26 Å². The number of benzene rings is 1. The summed E-state index contributed by atoms with van der Waals surface area (Å²) in [5, 5.41) is 8.72. The first-order valence-corrected chi connectivity index (χ1v) is 6.85. The molecule has 0 saturated heterocycles. The summed E-state index contributed by atoms with van der Waals surface area (Å²) in [6.45, 7) is 2.80. The molecule has 1 aromatic rings. The minimum atomic E-state index is -0.257. The van der Waals surface area contributed by atoms with E-state index < -0.39 is 0 Å². The van der Waals surface area contributed by atoms with E-state index in [9.17, 15) is 4.79 Å². The highest BCUT2D eigenvalue weighted by Gasteiger charge is 2.18. The third kappa shape index (κ3) is 4.33. The largest absolute Gasteiger partial charge is 0.492 e. The van der Waals surface area contributed by atoms with E-state index in [1.54, 1.807) is 24.3 Å². The zero-order valence-corrected chi connectivity index (χ0v) is 12.0. The van der Waals surface area contributed by atoms with Gasteiger partial charge in [0.25, 0.3) is 0 Å². The molecule has 0 amide bonds. The number of carbonyl (C=O) groups is 1. The predicted molar refractivity (Wildman–Crippen MR) is 77.8 cm³/mol. The minimum Gasteiger partial charge on any atom is -0.492 e. The number of nitriles is 1. The van der Waals surface area contributed by atoms with Gasteiger partial charge < -0.3 is 9.47 Å². The summed E-state index contributed by atoms with van der Waals surface area (Å²) in [6, 6.07) is 9.10. The molecule has 0 atom stereocenters. The summed E-state index contributed by atoms with van der Waals surface area (Å²) < 4.78 is 10.4. The molecule has 0 spiro atoms. The van der Waals surface area contributed by atoms with Crippen LogP contribution >= 0.6 is 0 Å². The number of methoxy groups -OCH3 is 1. The van der Waals surface area contributed by atoms with Gasteiger partial charge in [0.15, 0.2) is 0 Å². The molecule has 0 N–H and O–H groups in total. The van der Waals surface area contributed by atoms with Crippen LogP contribution in [0.3, 0.4) is 0 Å². The van der Waals surface area contributed by atoms with Crippen molar-refractivity contribution in [2.45, 2.75) is 6.42 Å². The van der Waals surface area contributed by atoms with Crippen molar-refractivity contribution in [3.05, 3.63) is 41.5 Å². The molecule has 5 heteroatoms. The number of nitrogens with zero attached hydrogens (tertiary/aromatic N) is 2. The lowest BCUT2D eigenvalue weighted by atomic mass is 10.1. The lowest BCUT2D eigenvalue weighted by molar-refractivity contribution is -0.136. The summed E-state index contributed by atoms with van der Waals surface area (Å²) >= 11 is 0. The summed E-state index contributed by atoms with van der Waals surface area (Å²) in [6.07, 6.45) is 2.78. The van der Waals surface area contributed by atoms with Crippen molar-refractivity contribution < 1.29 is 14.3 Å². The third-order valence-electron chi connectivity index (χ3n) is 3.34. The molecule has 0 aromatic heterocycles. The molecule has 0 fully saturated rings. The van der Waals surface area contributed by atoms with Crippen molar-refractivity contribution in [2.75, 3.05) is 33.4 Å². The van der Waals surface area contributed by atoms with Gasteiger partial charge in [0.05, 0.1) is 18.7 Å². The number of hydrogen-bond donors (Lipinski definition) is 0. The molecular formula is C16H18N2O3. The molecule has 0 saturated carbocycles. The van der Waals surface area contributed by atoms with Gasteiger partial charge in [0.1, 0.15) is 12.4 Å². The maximum absolute atomic E-state index is 11.5. The lowest BCUT2D eigenvalue weighted by Gasteiger charge is -2.26. The van der Waals surface area contributed by atoms with E-state index in [2.05, 4.69) is 11.0 Å². The average molecular weight is 286 g/mol. The maximum Gasteiger partial charge on any atom is 0.334 e. The Bertz CT molecular complexity index is 558. The summed E-state index contributed by atoms with van der Waals surface area (Å²) in [4.78, 5) is 13.7. The first-order valence-electron chi connectivity index (χ1n) is 6.85. The van der Waals surface area contributed by atoms with Gasteiger partial charge in [0, 0.05) is 25.2 Å². The maximum atomic E-state index is 11.5. The molecule has 21 heavy (non-hydrogen) atoms. The van der Waals surface area contributed by atoms with E-state index in [1.807, 2.05) is 6.08 Å². The Labute approximate surface area is 124 Å². The third-order valence-corrected chi connectivity index (χ3v) is 3.34. The van der Waals surface area contributed by atoms with Gasteiger partial charge in [-0.25, -0.2) is 4.79 Å². The van der Waals surface area contributed by atoms with E-state index in [0.29, 0.717) is 24.3 Å². The quantitative estimate of drug-likeness (QED) is 0.772. The van der Waals surface area contributed by atoms with Crippen molar-refractivity contribution in [3.8, 4) is 11.8 Å². The van der Waals surface area contributed by atoms with Crippen LogP contribution < -0.4 is 4.74 Å². The average Bonchev–Trinajstić information content (AvgIpc) is 2.55. The number of hydrogen-bond acceptors (Lipinski definition) is 5. The van der Waals surface area contributed by atoms with Crippen LogP contribution in [0.2, 0.25) is 0 Å². The smallest absolute Gasteiger partial charge is 0.334 e. The van der Waals surface area contributed by atoms with Gasteiger partial charge in [-0.1, -0.05) is 6.08 Å². The van der Waals surface area contributed by atoms with Crippen LogP contribution in [0.25, 0.3) is 0 Å². The molecule has 0 unspecified atom stereocenters. The Morgan fingerprint density at radius 2 is 2.14 bits per heavy atom. The second-order valence-electron chi connectivity index (χ2n) is 4.77. The first kappa shape index (κ1) is 15.1. The van der Waals surface area contributed by atoms with Crippen LogP contribution in [0.5, 0.6) is 5.75 Å². The van der Waals surface area contributed by atoms with Crippen LogP contribution in [-0.4, -0.2) is 44.2 Å². The second-order valence-corrected chi connectivity index (χ2v) is 4.77. The van der Waals surface area contributed by atoms with E-state index in [0.717, 1.165) is 25.3 Å². The van der Waals surface area contributed by atoms with Crippen molar-refractivity contribution >= 4 is 5.97 Å². The summed E-state index contributed by atoms with van der Waals surface area (Å²) in [7, 11) is 1.40. The van der Waals surface area contributed by atoms with Gasteiger partial charge in [-0.3, -0.25) is 4.90 Å². The molecule has 2 rings (SSSR count). The second kappa shape index (κ2) is 7.46. The fourth-order valence-corrected chi connectivity index (χ4v) is 2.19. The van der Waals surface area contributed by atoms with Crippen molar-refractivity contribution in [1.82, 2.24) is 4.90 Å². The van der Waals surface area contributed by atoms with Crippen LogP contribution in [-0.2, 0) is 9.53 Å². The lowest BCUT2D eigenvalue weighted by Crippen LogP contribution is -2.35. The van der Waals surface area contributed by atoms with Crippen LogP contribution in [0.4, 0.5) is 0 Å². The highest BCUT2D eigenvalue weighted by molar-refractivity contribution is 5.88. The number of ether oxygens (including phenoxy) is 2. The SMILES string of the molecule is COC(=O)C1=CCCN(CCOc2ccc(C#N)cc2)C1. The van der Waals surface area contributed by atoms with Gasteiger partial charge in [-0.15, -0.1) is 0 Å². The zero-order chi connectivity index (χ0) is 15.1. The molecule has 0 bridgehead atoms. The summed E-state index contributed by atoms with van der Waals surface area (Å²) in [5.41, 5.74) is 1.33. The van der Waals surface area contributed by atoms with Crippen LogP contribution in [0.1, 0.15) is 12.0 Å². The Morgan fingerprint density at radius 3 is 2.81 bits per heavy atom.